The van der Waals surface area contributed by atoms with Crippen LogP contribution in [-0.4, -0.2) is 29.9 Å². The Labute approximate surface area is 85.6 Å². The Morgan fingerprint density at radius 3 is 2.50 bits per heavy atom. The molecule has 3 nitrogen and oxygen atoms in total. The number of hydrogen-bond donors (Lipinski definition) is 1. The molecule has 3 heteroatoms. The van der Waals surface area contributed by atoms with E-state index in [1.54, 1.807) is 0 Å². The Morgan fingerprint density at radius 2 is 2.14 bits per heavy atom. The van der Waals surface area contributed by atoms with Crippen LogP contribution in [0.15, 0.2) is 0 Å². The molecule has 2 atom stereocenters. The zero-order chi connectivity index (χ0) is 10.1. The van der Waals surface area contributed by atoms with Crippen LogP contribution >= 0.6 is 0 Å². The quantitative estimate of drug-likeness (QED) is 0.728. The normalized spacial score (nSPS) is 31.0. The van der Waals surface area contributed by atoms with E-state index in [0.717, 1.165) is 13.0 Å². The van der Waals surface area contributed by atoms with Crippen molar-refractivity contribution in [3.8, 4) is 0 Å². The van der Waals surface area contributed by atoms with Crippen LogP contribution in [0.2, 0.25) is 0 Å². The van der Waals surface area contributed by atoms with Gasteiger partial charge in [-0.05, 0) is 31.6 Å². The highest BCUT2D eigenvalue weighted by molar-refractivity contribution is 5.82. The van der Waals surface area contributed by atoms with Gasteiger partial charge in [-0.15, -0.1) is 0 Å². The van der Waals surface area contributed by atoms with Crippen LogP contribution in [0, 0.1) is 11.8 Å². The summed E-state index contributed by atoms with van der Waals surface area (Å²) in [5, 5.41) is 0. The van der Waals surface area contributed by atoms with Crippen molar-refractivity contribution < 1.29 is 4.79 Å². The van der Waals surface area contributed by atoms with Gasteiger partial charge in [-0.2, -0.15) is 0 Å². The summed E-state index contributed by atoms with van der Waals surface area (Å²) < 4.78 is 0. The van der Waals surface area contributed by atoms with Crippen molar-refractivity contribution >= 4 is 5.91 Å². The fraction of sp³-hybridized carbons (Fsp3) is 0.909. The maximum Gasteiger partial charge on any atom is 0.226 e. The molecule has 14 heavy (non-hydrogen) atoms. The molecule has 0 saturated heterocycles. The van der Waals surface area contributed by atoms with E-state index in [-0.39, 0.29) is 0 Å². The van der Waals surface area contributed by atoms with Gasteiger partial charge in [0.15, 0.2) is 0 Å². The Morgan fingerprint density at radius 1 is 1.50 bits per heavy atom. The van der Waals surface area contributed by atoms with E-state index in [2.05, 4.69) is 6.92 Å². The van der Waals surface area contributed by atoms with Crippen LogP contribution in [0.4, 0.5) is 0 Å². The lowest BCUT2D eigenvalue weighted by Crippen LogP contribution is -2.47. The fourth-order valence-electron chi connectivity index (χ4n) is 2.19. The first kappa shape index (κ1) is 9.97. The molecule has 0 aromatic heterocycles. The van der Waals surface area contributed by atoms with Crippen molar-refractivity contribution in [2.24, 2.45) is 17.6 Å². The number of carbonyl (C=O) groups excluding carboxylic acids is 1. The summed E-state index contributed by atoms with van der Waals surface area (Å²) in [5.74, 6) is 1.30. The Bertz CT molecular complexity index is 225. The number of nitrogens with zero attached hydrogens (tertiary/aromatic N) is 1. The second kappa shape index (κ2) is 3.89. The van der Waals surface area contributed by atoms with Gasteiger partial charge in [0.25, 0.3) is 0 Å². The van der Waals surface area contributed by atoms with Crippen molar-refractivity contribution in [2.45, 2.75) is 38.6 Å². The van der Waals surface area contributed by atoms with Crippen molar-refractivity contribution in [3.05, 3.63) is 0 Å². The SMILES string of the molecule is CC1CC1C(=O)N(CCN)C1CCC1. The topological polar surface area (TPSA) is 46.3 Å². The highest BCUT2D eigenvalue weighted by Crippen LogP contribution is 2.40. The minimum Gasteiger partial charge on any atom is -0.338 e. The van der Waals surface area contributed by atoms with Crippen LogP contribution in [0.25, 0.3) is 0 Å². The summed E-state index contributed by atoms with van der Waals surface area (Å²) in [6.07, 6.45) is 4.74. The first-order valence-electron chi connectivity index (χ1n) is 5.74. The number of carbonyl (C=O) groups is 1. The van der Waals surface area contributed by atoms with Crippen molar-refractivity contribution in [1.29, 1.82) is 0 Å². The van der Waals surface area contributed by atoms with E-state index in [9.17, 15) is 4.79 Å². The molecule has 1 amide bonds. The maximum atomic E-state index is 12.0. The molecule has 2 N–H and O–H groups in total. The van der Waals surface area contributed by atoms with Crippen LogP contribution in [0.1, 0.15) is 32.6 Å². The number of hydrogen-bond acceptors (Lipinski definition) is 2. The molecule has 0 aromatic rings. The third-order valence-electron chi connectivity index (χ3n) is 3.60. The molecule has 2 saturated carbocycles. The van der Waals surface area contributed by atoms with Crippen molar-refractivity contribution in [3.63, 3.8) is 0 Å². The van der Waals surface area contributed by atoms with Gasteiger partial charge in [0.1, 0.15) is 0 Å². The summed E-state index contributed by atoms with van der Waals surface area (Å²) in [6, 6.07) is 0.513. The Balaban J connectivity index is 1.91. The lowest BCUT2D eigenvalue weighted by molar-refractivity contribution is -0.136. The van der Waals surface area contributed by atoms with E-state index in [4.69, 9.17) is 5.73 Å². The largest absolute Gasteiger partial charge is 0.338 e. The smallest absolute Gasteiger partial charge is 0.226 e. The van der Waals surface area contributed by atoms with Gasteiger partial charge in [-0.3, -0.25) is 4.79 Å². The summed E-state index contributed by atoms with van der Waals surface area (Å²) in [6.45, 7) is 3.51. The average Bonchev–Trinajstić information content (AvgIpc) is 2.77. The van der Waals surface area contributed by atoms with E-state index >= 15 is 0 Å². The number of rotatable bonds is 4. The third kappa shape index (κ3) is 1.78. The fourth-order valence-corrected chi connectivity index (χ4v) is 2.19. The first-order chi connectivity index (χ1) is 6.74. The Hall–Kier alpha value is -0.570. The number of amides is 1. The molecule has 0 aromatic carbocycles. The van der Waals surface area contributed by atoms with Gasteiger partial charge in [-0.1, -0.05) is 6.92 Å². The molecule has 0 aliphatic heterocycles. The molecule has 0 spiro atoms. The molecule has 2 aliphatic rings. The van der Waals surface area contributed by atoms with E-state index in [0.29, 0.717) is 30.3 Å². The molecule has 2 unspecified atom stereocenters. The minimum atomic E-state index is 0.321. The highest BCUT2D eigenvalue weighted by atomic mass is 16.2. The molecular formula is C11H20N2O. The van der Waals surface area contributed by atoms with E-state index in [1.165, 1.54) is 19.3 Å². The van der Waals surface area contributed by atoms with E-state index < -0.39 is 0 Å². The van der Waals surface area contributed by atoms with Crippen molar-refractivity contribution in [2.75, 3.05) is 13.1 Å². The first-order valence-corrected chi connectivity index (χ1v) is 5.74. The average molecular weight is 196 g/mol. The van der Waals surface area contributed by atoms with Crippen LogP contribution in [0.5, 0.6) is 0 Å². The molecule has 80 valence electrons. The maximum absolute atomic E-state index is 12.0. The van der Waals surface area contributed by atoms with Gasteiger partial charge in [-0.25, -0.2) is 0 Å². The molecule has 0 bridgehead atoms. The zero-order valence-corrected chi connectivity index (χ0v) is 8.91. The monoisotopic (exact) mass is 196 g/mol. The zero-order valence-electron chi connectivity index (χ0n) is 8.91. The van der Waals surface area contributed by atoms with Crippen LogP contribution in [-0.2, 0) is 4.79 Å². The molecule has 2 rings (SSSR count). The lowest BCUT2D eigenvalue weighted by Gasteiger charge is -2.37. The summed E-state index contributed by atoms with van der Waals surface area (Å²) >= 11 is 0. The molecule has 0 heterocycles. The van der Waals surface area contributed by atoms with Gasteiger partial charge in [0.05, 0.1) is 0 Å². The van der Waals surface area contributed by atoms with Crippen LogP contribution in [0.3, 0.4) is 0 Å². The second-order valence-corrected chi connectivity index (χ2v) is 4.72. The minimum absolute atomic E-state index is 0.321. The predicted molar refractivity (Wildman–Crippen MR) is 55.7 cm³/mol. The van der Waals surface area contributed by atoms with Crippen LogP contribution < -0.4 is 5.73 Å². The summed E-state index contributed by atoms with van der Waals surface area (Å²) in [5.41, 5.74) is 5.55. The predicted octanol–water partition coefficient (Wildman–Crippen LogP) is 0.982. The highest BCUT2D eigenvalue weighted by Gasteiger charge is 2.43. The van der Waals surface area contributed by atoms with Gasteiger partial charge in [0, 0.05) is 25.0 Å². The van der Waals surface area contributed by atoms with Gasteiger partial charge in [0.2, 0.25) is 5.91 Å². The molecular weight excluding hydrogens is 176 g/mol. The van der Waals surface area contributed by atoms with Gasteiger partial charge < -0.3 is 10.6 Å². The third-order valence-corrected chi connectivity index (χ3v) is 3.60. The standard InChI is InChI=1S/C11H20N2O/c1-8-7-10(8)11(14)13(6-5-12)9-3-2-4-9/h8-10H,2-7,12H2,1H3. The lowest BCUT2D eigenvalue weighted by atomic mass is 9.91. The second-order valence-electron chi connectivity index (χ2n) is 4.72. The van der Waals surface area contributed by atoms with Gasteiger partial charge >= 0.3 is 0 Å². The molecule has 2 fully saturated rings. The van der Waals surface area contributed by atoms with Crippen molar-refractivity contribution in [1.82, 2.24) is 4.90 Å². The Kier molecular flexibility index (Phi) is 2.77. The molecule has 0 radical (unpaired) electrons. The summed E-state index contributed by atoms with van der Waals surface area (Å²) in [4.78, 5) is 14.0. The van der Waals surface area contributed by atoms with E-state index in [1.807, 2.05) is 4.90 Å². The summed E-state index contributed by atoms with van der Waals surface area (Å²) in [7, 11) is 0. The number of nitrogens with two attached hydrogens (primary N) is 1. The molecule has 2 aliphatic carbocycles.